The molecule has 22 heavy (non-hydrogen) atoms. The molecule has 1 rings (SSSR count). The first-order valence-electron chi connectivity index (χ1n) is 6.77. The number of nitro groups is 1. The molecule has 0 aliphatic rings. The van der Waals surface area contributed by atoms with Crippen molar-refractivity contribution >= 4 is 11.6 Å². The number of carbonyl (C=O) groups excluding carboxylic acids is 1. The molecular formula is C14H20N2O6. The minimum atomic E-state index is -0.671. The average molecular weight is 312 g/mol. The molecule has 122 valence electrons. The summed E-state index contributed by atoms with van der Waals surface area (Å²) >= 11 is 0. The highest BCUT2D eigenvalue weighted by Gasteiger charge is 2.32. The zero-order valence-corrected chi connectivity index (χ0v) is 13.1. The molecular weight excluding hydrogens is 292 g/mol. The molecule has 0 radical (unpaired) electrons. The van der Waals surface area contributed by atoms with Crippen LogP contribution in [0.25, 0.3) is 0 Å². The maximum Gasteiger partial charge on any atom is 0.327 e. The molecule has 0 heterocycles. The summed E-state index contributed by atoms with van der Waals surface area (Å²) < 4.78 is 15.3. The minimum Gasteiger partial charge on any atom is -0.493 e. The second kappa shape index (κ2) is 8.06. The lowest BCUT2D eigenvalue weighted by Gasteiger charge is -2.14. The third-order valence-corrected chi connectivity index (χ3v) is 3.05. The Morgan fingerprint density at radius 3 is 2.32 bits per heavy atom. The fourth-order valence-electron chi connectivity index (χ4n) is 1.97. The van der Waals surface area contributed by atoms with Gasteiger partial charge in [0.25, 0.3) is 5.91 Å². The third kappa shape index (κ3) is 3.57. The Morgan fingerprint density at radius 1 is 1.23 bits per heavy atom. The van der Waals surface area contributed by atoms with Gasteiger partial charge in [-0.25, -0.2) is 0 Å². The lowest BCUT2D eigenvalue weighted by Crippen LogP contribution is -2.25. The van der Waals surface area contributed by atoms with Gasteiger partial charge in [0.05, 0.1) is 26.3 Å². The van der Waals surface area contributed by atoms with Gasteiger partial charge in [-0.1, -0.05) is 13.3 Å². The van der Waals surface area contributed by atoms with Crippen molar-refractivity contribution in [2.45, 2.75) is 19.8 Å². The number of nitrogens with zero attached hydrogens (tertiary/aromatic N) is 1. The van der Waals surface area contributed by atoms with Crippen molar-refractivity contribution in [3.63, 3.8) is 0 Å². The number of hydrogen-bond acceptors (Lipinski definition) is 6. The van der Waals surface area contributed by atoms with Gasteiger partial charge < -0.3 is 19.5 Å². The number of unbranched alkanes of at least 4 members (excludes halogenated alkanes) is 1. The standard InChI is InChI=1S/C14H20N2O6/c1-5-6-7-15-14(17)9-8-10(20-2)12(21-3)13(22-4)11(9)16(18)19/h8H,5-7H2,1-4H3,(H,15,17). The van der Waals surface area contributed by atoms with Crippen LogP contribution in [-0.2, 0) is 0 Å². The van der Waals surface area contributed by atoms with Crippen LogP contribution in [0.4, 0.5) is 5.69 Å². The maximum atomic E-state index is 12.2. The second-order valence-electron chi connectivity index (χ2n) is 4.41. The van der Waals surface area contributed by atoms with Crippen molar-refractivity contribution in [1.29, 1.82) is 0 Å². The Labute approximate surface area is 128 Å². The topological polar surface area (TPSA) is 99.9 Å². The van der Waals surface area contributed by atoms with E-state index < -0.39 is 16.5 Å². The van der Waals surface area contributed by atoms with E-state index in [-0.39, 0.29) is 22.8 Å². The number of methoxy groups -OCH3 is 3. The molecule has 0 unspecified atom stereocenters. The van der Waals surface area contributed by atoms with Crippen LogP contribution in [0.15, 0.2) is 6.07 Å². The summed E-state index contributed by atoms with van der Waals surface area (Å²) in [7, 11) is 3.98. The van der Waals surface area contributed by atoms with Gasteiger partial charge in [0.1, 0.15) is 5.56 Å². The maximum absolute atomic E-state index is 12.2. The van der Waals surface area contributed by atoms with Crippen molar-refractivity contribution < 1.29 is 23.9 Å². The number of nitrogens with one attached hydrogen (secondary N) is 1. The molecule has 0 aliphatic carbocycles. The highest BCUT2D eigenvalue weighted by atomic mass is 16.6. The molecule has 0 saturated carbocycles. The van der Waals surface area contributed by atoms with E-state index in [0.717, 1.165) is 12.8 Å². The summed E-state index contributed by atoms with van der Waals surface area (Å²) in [6, 6.07) is 1.28. The summed E-state index contributed by atoms with van der Waals surface area (Å²) in [4.78, 5) is 22.9. The molecule has 1 N–H and O–H groups in total. The molecule has 8 heteroatoms. The number of nitro benzene ring substituents is 1. The van der Waals surface area contributed by atoms with Crippen LogP contribution in [0, 0.1) is 10.1 Å². The molecule has 0 aromatic heterocycles. The molecule has 1 amide bonds. The smallest absolute Gasteiger partial charge is 0.327 e. The van der Waals surface area contributed by atoms with Gasteiger partial charge in [-0.05, 0) is 6.42 Å². The highest BCUT2D eigenvalue weighted by molar-refractivity contribution is 6.00. The number of ether oxygens (including phenoxy) is 3. The zero-order valence-electron chi connectivity index (χ0n) is 13.1. The van der Waals surface area contributed by atoms with Crippen LogP contribution in [0.5, 0.6) is 17.2 Å². The van der Waals surface area contributed by atoms with E-state index in [9.17, 15) is 14.9 Å². The van der Waals surface area contributed by atoms with Crippen molar-refractivity contribution in [2.24, 2.45) is 0 Å². The number of amides is 1. The van der Waals surface area contributed by atoms with E-state index in [1.807, 2.05) is 6.92 Å². The number of carbonyl (C=O) groups is 1. The third-order valence-electron chi connectivity index (χ3n) is 3.05. The summed E-state index contributed by atoms with van der Waals surface area (Å²) in [5, 5.41) is 14.0. The minimum absolute atomic E-state index is 0.0711. The lowest BCUT2D eigenvalue weighted by atomic mass is 10.1. The summed E-state index contributed by atoms with van der Waals surface area (Å²) in [5.74, 6) is -0.445. The fourth-order valence-corrected chi connectivity index (χ4v) is 1.97. The highest BCUT2D eigenvalue weighted by Crippen LogP contribution is 2.46. The molecule has 0 bridgehead atoms. The Hall–Kier alpha value is -2.51. The van der Waals surface area contributed by atoms with Crippen molar-refractivity contribution in [3.8, 4) is 17.2 Å². The van der Waals surface area contributed by atoms with Crippen molar-refractivity contribution in [1.82, 2.24) is 5.32 Å². The zero-order chi connectivity index (χ0) is 16.7. The lowest BCUT2D eigenvalue weighted by molar-refractivity contribution is -0.386. The molecule has 0 atom stereocenters. The number of rotatable bonds is 8. The summed E-state index contributed by atoms with van der Waals surface area (Å²) in [5.41, 5.74) is -0.579. The Bertz CT molecular complexity index is 559. The molecule has 0 aliphatic heterocycles. The van der Waals surface area contributed by atoms with Crippen LogP contribution >= 0.6 is 0 Å². The van der Waals surface area contributed by atoms with Gasteiger partial charge in [-0.15, -0.1) is 0 Å². The SMILES string of the molecule is CCCCNC(=O)c1cc(OC)c(OC)c(OC)c1[N+](=O)[O-]. The Balaban J connectivity index is 3.41. The predicted octanol–water partition coefficient (Wildman–Crippen LogP) is 2.15. The first-order chi connectivity index (χ1) is 10.5. The van der Waals surface area contributed by atoms with Gasteiger partial charge in [0, 0.05) is 12.6 Å². The number of benzene rings is 1. The largest absolute Gasteiger partial charge is 0.493 e. The van der Waals surface area contributed by atoms with E-state index in [2.05, 4.69) is 5.32 Å². The molecule has 0 fully saturated rings. The normalized spacial score (nSPS) is 10.0. The second-order valence-corrected chi connectivity index (χ2v) is 4.41. The fraction of sp³-hybridized carbons (Fsp3) is 0.500. The number of hydrogen-bond donors (Lipinski definition) is 1. The van der Waals surface area contributed by atoms with Crippen LogP contribution in [-0.4, -0.2) is 38.7 Å². The van der Waals surface area contributed by atoms with Gasteiger partial charge in [-0.3, -0.25) is 14.9 Å². The van der Waals surface area contributed by atoms with Crippen molar-refractivity contribution in [2.75, 3.05) is 27.9 Å². The summed E-state index contributed by atoms with van der Waals surface area (Å²) in [6.07, 6.45) is 1.68. The summed E-state index contributed by atoms with van der Waals surface area (Å²) in [6.45, 7) is 2.41. The Morgan fingerprint density at radius 2 is 1.86 bits per heavy atom. The van der Waals surface area contributed by atoms with E-state index >= 15 is 0 Å². The molecule has 8 nitrogen and oxygen atoms in total. The molecule has 1 aromatic rings. The van der Waals surface area contributed by atoms with Gasteiger partial charge in [0.2, 0.25) is 11.5 Å². The van der Waals surface area contributed by atoms with Crippen molar-refractivity contribution in [3.05, 3.63) is 21.7 Å². The predicted molar refractivity (Wildman–Crippen MR) is 80.0 cm³/mol. The first kappa shape index (κ1) is 17.5. The van der Waals surface area contributed by atoms with E-state index in [1.165, 1.54) is 27.4 Å². The average Bonchev–Trinajstić information content (AvgIpc) is 2.52. The van der Waals surface area contributed by atoms with Crippen LogP contribution in [0.2, 0.25) is 0 Å². The van der Waals surface area contributed by atoms with Gasteiger partial charge in [-0.2, -0.15) is 0 Å². The molecule has 1 aromatic carbocycles. The molecule has 0 saturated heterocycles. The monoisotopic (exact) mass is 312 g/mol. The quantitative estimate of drug-likeness (QED) is 0.448. The van der Waals surface area contributed by atoms with Crippen LogP contribution in [0.1, 0.15) is 30.1 Å². The first-order valence-corrected chi connectivity index (χ1v) is 6.77. The van der Waals surface area contributed by atoms with Gasteiger partial charge in [0.15, 0.2) is 5.75 Å². The van der Waals surface area contributed by atoms with Gasteiger partial charge >= 0.3 is 5.69 Å². The van der Waals surface area contributed by atoms with Crippen LogP contribution in [0.3, 0.4) is 0 Å². The van der Waals surface area contributed by atoms with Crippen LogP contribution < -0.4 is 19.5 Å². The Kier molecular flexibility index (Phi) is 6.43. The van der Waals surface area contributed by atoms with E-state index in [0.29, 0.717) is 6.54 Å². The molecule has 0 spiro atoms. The van der Waals surface area contributed by atoms with E-state index in [4.69, 9.17) is 14.2 Å². The van der Waals surface area contributed by atoms with E-state index in [1.54, 1.807) is 0 Å².